The highest BCUT2D eigenvalue weighted by molar-refractivity contribution is 5.83. The average Bonchev–Trinajstić information content (AvgIpc) is 2.85. The molecule has 0 radical (unpaired) electrons. The highest BCUT2D eigenvalue weighted by Crippen LogP contribution is 2.37. The minimum atomic E-state index is -0.506. The van der Waals surface area contributed by atoms with Gasteiger partial charge in [0.15, 0.2) is 0 Å². The molecule has 0 aromatic heterocycles. The number of halogens is 1. The maximum absolute atomic E-state index is 13.9. The van der Waals surface area contributed by atoms with Gasteiger partial charge in [-0.05, 0) is 48.6 Å². The van der Waals surface area contributed by atoms with Crippen LogP contribution >= 0.6 is 0 Å². The number of hydrogen-bond donors (Lipinski definition) is 1. The summed E-state index contributed by atoms with van der Waals surface area (Å²) in [6.45, 7) is 5.93. The first-order valence-corrected chi connectivity index (χ1v) is 11.7. The predicted octanol–water partition coefficient (Wildman–Crippen LogP) is 3.29. The molecule has 4 rings (SSSR count). The van der Waals surface area contributed by atoms with Gasteiger partial charge in [-0.15, -0.1) is 0 Å². The third-order valence-corrected chi connectivity index (χ3v) is 6.69. The van der Waals surface area contributed by atoms with E-state index in [2.05, 4.69) is 10.2 Å². The molecule has 2 aliphatic heterocycles. The van der Waals surface area contributed by atoms with E-state index >= 15 is 0 Å². The Morgan fingerprint density at radius 3 is 2.61 bits per heavy atom. The first-order valence-electron chi connectivity index (χ1n) is 11.7. The van der Waals surface area contributed by atoms with Crippen molar-refractivity contribution in [1.29, 1.82) is 0 Å². The summed E-state index contributed by atoms with van der Waals surface area (Å²) >= 11 is 0. The van der Waals surface area contributed by atoms with Crippen molar-refractivity contribution in [2.75, 3.05) is 59.7 Å². The van der Waals surface area contributed by atoms with Gasteiger partial charge in [0.1, 0.15) is 11.6 Å². The predicted molar refractivity (Wildman–Crippen MR) is 125 cm³/mol. The van der Waals surface area contributed by atoms with Crippen molar-refractivity contribution in [3.05, 3.63) is 53.8 Å². The zero-order valence-corrected chi connectivity index (χ0v) is 19.3. The Balaban J connectivity index is 1.49. The van der Waals surface area contributed by atoms with Gasteiger partial charge >= 0.3 is 0 Å². The van der Waals surface area contributed by atoms with E-state index in [1.807, 2.05) is 24.3 Å². The lowest BCUT2D eigenvalue weighted by Gasteiger charge is -2.36. The fourth-order valence-corrected chi connectivity index (χ4v) is 4.73. The fourth-order valence-electron chi connectivity index (χ4n) is 4.73. The van der Waals surface area contributed by atoms with Gasteiger partial charge in [0.2, 0.25) is 5.91 Å². The molecule has 1 N–H and O–H groups in total. The molecule has 2 aromatic carbocycles. The number of carbonyl (C=O) groups excluding carboxylic acids is 1. The maximum Gasteiger partial charge on any atom is 0.226 e. The second kappa shape index (κ2) is 11.1. The number of carbonyl (C=O) groups is 1. The number of methoxy groups -OCH3 is 1. The van der Waals surface area contributed by atoms with Crippen LogP contribution < -0.4 is 10.1 Å². The molecular formula is C26H33FN2O4. The molecule has 0 bridgehead atoms. The Morgan fingerprint density at radius 1 is 1.09 bits per heavy atom. The molecule has 2 aromatic rings. The smallest absolute Gasteiger partial charge is 0.226 e. The third-order valence-electron chi connectivity index (χ3n) is 6.69. The molecule has 1 amide bonds. The van der Waals surface area contributed by atoms with E-state index in [0.717, 1.165) is 44.0 Å². The molecular weight excluding hydrogens is 423 g/mol. The van der Waals surface area contributed by atoms with Gasteiger partial charge in [-0.3, -0.25) is 9.69 Å². The van der Waals surface area contributed by atoms with E-state index in [9.17, 15) is 9.18 Å². The minimum absolute atomic E-state index is 0.0906. The number of rotatable bonds is 8. The topological polar surface area (TPSA) is 60.0 Å². The Hall–Kier alpha value is -2.48. The van der Waals surface area contributed by atoms with Gasteiger partial charge in [-0.2, -0.15) is 0 Å². The monoisotopic (exact) mass is 456 g/mol. The summed E-state index contributed by atoms with van der Waals surface area (Å²) in [4.78, 5) is 15.7. The SMILES string of the molecule is COc1ccc(F)cc1-c1cccc(CC2(C(=O)NCCN3CCOCC3)CCOCC2)c1. The van der Waals surface area contributed by atoms with Crippen LogP contribution in [0.2, 0.25) is 0 Å². The van der Waals surface area contributed by atoms with Gasteiger partial charge in [0, 0.05) is 45.0 Å². The number of benzene rings is 2. The van der Waals surface area contributed by atoms with Crippen LogP contribution in [0, 0.1) is 11.2 Å². The first-order chi connectivity index (χ1) is 16.1. The van der Waals surface area contributed by atoms with Gasteiger partial charge in [0.25, 0.3) is 0 Å². The first kappa shape index (κ1) is 23.7. The van der Waals surface area contributed by atoms with Crippen molar-refractivity contribution >= 4 is 5.91 Å². The summed E-state index contributed by atoms with van der Waals surface area (Å²) in [5.41, 5.74) is 2.12. The van der Waals surface area contributed by atoms with Crippen molar-refractivity contribution in [3.8, 4) is 16.9 Å². The second-order valence-corrected chi connectivity index (χ2v) is 8.82. The standard InChI is InChI=1S/C26H33FN2O4/c1-31-24-6-5-22(27)18-23(24)21-4-2-3-20(17-21)19-26(7-13-32-14-8-26)25(30)28-9-10-29-11-15-33-16-12-29/h2-6,17-18H,7-16,19H2,1H3,(H,28,30). The molecule has 0 aliphatic carbocycles. The van der Waals surface area contributed by atoms with Crippen LogP contribution in [-0.4, -0.2) is 70.5 Å². The van der Waals surface area contributed by atoms with Gasteiger partial charge < -0.3 is 19.5 Å². The summed E-state index contributed by atoms with van der Waals surface area (Å²) in [5, 5.41) is 3.19. The maximum atomic E-state index is 13.9. The molecule has 0 saturated carbocycles. The Labute approximate surface area is 195 Å². The van der Waals surface area contributed by atoms with E-state index in [1.54, 1.807) is 13.2 Å². The lowest BCUT2D eigenvalue weighted by atomic mass is 9.74. The number of ether oxygens (including phenoxy) is 3. The van der Waals surface area contributed by atoms with Gasteiger partial charge in [-0.25, -0.2) is 4.39 Å². The summed E-state index contributed by atoms with van der Waals surface area (Å²) in [5.74, 6) is 0.403. The normalized spacial score (nSPS) is 18.6. The molecule has 2 aliphatic rings. The van der Waals surface area contributed by atoms with Crippen molar-refractivity contribution in [2.45, 2.75) is 19.3 Å². The Morgan fingerprint density at radius 2 is 1.85 bits per heavy atom. The summed E-state index contributed by atoms with van der Waals surface area (Å²) < 4.78 is 30.4. The van der Waals surface area contributed by atoms with E-state index in [4.69, 9.17) is 14.2 Å². The number of nitrogens with zero attached hydrogens (tertiary/aromatic N) is 1. The van der Waals surface area contributed by atoms with E-state index in [0.29, 0.717) is 50.3 Å². The summed E-state index contributed by atoms with van der Waals surface area (Å²) in [6, 6.07) is 12.5. The second-order valence-electron chi connectivity index (χ2n) is 8.82. The lowest BCUT2D eigenvalue weighted by Crippen LogP contribution is -2.48. The van der Waals surface area contributed by atoms with E-state index < -0.39 is 5.41 Å². The zero-order chi connectivity index (χ0) is 23.1. The molecule has 2 heterocycles. The van der Waals surface area contributed by atoms with Crippen LogP contribution in [0.1, 0.15) is 18.4 Å². The van der Waals surface area contributed by atoms with Crippen LogP contribution in [-0.2, 0) is 20.7 Å². The molecule has 7 heteroatoms. The lowest BCUT2D eigenvalue weighted by molar-refractivity contribution is -0.136. The van der Waals surface area contributed by atoms with Gasteiger partial charge in [-0.1, -0.05) is 24.3 Å². The van der Waals surface area contributed by atoms with Crippen LogP contribution in [0.25, 0.3) is 11.1 Å². The molecule has 6 nitrogen and oxygen atoms in total. The van der Waals surface area contributed by atoms with Crippen LogP contribution in [0.3, 0.4) is 0 Å². The van der Waals surface area contributed by atoms with E-state index in [1.165, 1.54) is 12.1 Å². The number of nitrogens with one attached hydrogen (secondary N) is 1. The zero-order valence-electron chi connectivity index (χ0n) is 19.3. The number of morpholine rings is 1. The molecule has 0 atom stereocenters. The molecule has 0 unspecified atom stereocenters. The highest BCUT2D eigenvalue weighted by Gasteiger charge is 2.40. The number of amides is 1. The number of hydrogen-bond acceptors (Lipinski definition) is 5. The quantitative estimate of drug-likeness (QED) is 0.661. The third kappa shape index (κ3) is 5.91. The van der Waals surface area contributed by atoms with Crippen molar-refractivity contribution in [2.24, 2.45) is 5.41 Å². The van der Waals surface area contributed by atoms with Crippen LogP contribution in [0.4, 0.5) is 4.39 Å². The van der Waals surface area contributed by atoms with Crippen molar-refractivity contribution in [1.82, 2.24) is 10.2 Å². The van der Waals surface area contributed by atoms with Crippen molar-refractivity contribution < 1.29 is 23.4 Å². The highest BCUT2D eigenvalue weighted by atomic mass is 19.1. The Bertz CT molecular complexity index is 940. The van der Waals surface area contributed by atoms with Gasteiger partial charge in [0.05, 0.1) is 25.7 Å². The minimum Gasteiger partial charge on any atom is -0.496 e. The summed E-state index contributed by atoms with van der Waals surface area (Å²) in [7, 11) is 1.58. The molecule has 0 spiro atoms. The molecule has 178 valence electrons. The van der Waals surface area contributed by atoms with E-state index in [-0.39, 0.29) is 11.7 Å². The molecule has 2 saturated heterocycles. The summed E-state index contributed by atoms with van der Waals surface area (Å²) in [6.07, 6.45) is 1.99. The molecule has 33 heavy (non-hydrogen) atoms. The largest absolute Gasteiger partial charge is 0.496 e. The van der Waals surface area contributed by atoms with Crippen LogP contribution in [0.5, 0.6) is 5.75 Å². The Kier molecular flexibility index (Phi) is 7.96. The van der Waals surface area contributed by atoms with Crippen molar-refractivity contribution in [3.63, 3.8) is 0 Å². The fraction of sp³-hybridized carbons (Fsp3) is 0.500. The average molecular weight is 457 g/mol. The van der Waals surface area contributed by atoms with Crippen LogP contribution in [0.15, 0.2) is 42.5 Å². The molecule has 2 fully saturated rings.